The summed E-state index contributed by atoms with van der Waals surface area (Å²) in [7, 11) is 0. The fourth-order valence-electron chi connectivity index (χ4n) is 8.44. The first-order chi connectivity index (χ1) is 26.8. The molecular formula is C52H33NS. The Hall–Kier alpha value is -6.74. The molecule has 1 nitrogen and oxygen atoms in total. The first-order valence-corrected chi connectivity index (χ1v) is 19.3. The lowest BCUT2D eigenvalue weighted by Crippen LogP contribution is -2.10. The van der Waals surface area contributed by atoms with Crippen LogP contribution in [0, 0.1) is 0 Å². The fraction of sp³-hybridized carbons (Fsp3) is 0. The van der Waals surface area contributed by atoms with Crippen molar-refractivity contribution in [3.63, 3.8) is 0 Å². The second kappa shape index (κ2) is 12.4. The zero-order chi connectivity index (χ0) is 35.6. The Morgan fingerprint density at radius 3 is 1.65 bits per heavy atom. The van der Waals surface area contributed by atoms with Gasteiger partial charge >= 0.3 is 0 Å². The van der Waals surface area contributed by atoms with Crippen LogP contribution in [0.15, 0.2) is 200 Å². The Kier molecular flexibility index (Phi) is 7.11. The number of thiophene rings is 1. The lowest BCUT2D eigenvalue weighted by molar-refractivity contribution is 1.30. The van der Waals surface area contributed by atoms with Crippen molar-refractivity contribution in [3.05, 3.63) is 200 Å². The average molecular weight is 704 g/mol. The third-order valence-electron chi connectivity index (χ3n) is 11.0. The van der Waals surface area contributed by atoms with E-state index in [0.717, 1.165) is 17.1 Å². The van der Waals surface area contributed by atoms with Gasteiger partial charge in [-0.3, -0.25) is 0 Å². The lowest BCUT2D eigenvalue weighted by Gasteiger charge is -2.28. The van der Waals surface area contributed by atoms with E-state index in [1.165, 1.54) is 85.5 Å². The molecule has 0 aliphatic rings. The van der Waals surface area contributed by atoms with Gasteiger partial charge in [0.05, 0.1) is 5.69 Å². The molecule has 0 aliphatic carbocycles. The summed E-state index contributed by atoms with van der Waals surface area (Å²) in [5, 5.41) is 12.7. The Morgan fingerprint density at radius 2 is 0.870 bits per heavy atom. The minimum atomic E-state index is 1.12. The number of nitrogens with zero attached hydrogens (tertiary/aromatic N) is 1. The van der Waals surface area contributed by atoms with Crippen LogP contribution < -0.4 is 4.90 Å². The van der Waals surface area contributed by atoms with Crippen molar-refractivity contribution in [3.8, 4) is 22.3 Å². The van der Waals surface area contributed by atoms with E-state index in [9.17, 15) is 0 Å². The zero-order valence-corrected chi connectivity index (χ0v) is 30.2. The molecule has 10 aromatic carbocycles. The third kappa shape index (κ3) is 4.99. The van der Waals surface area contributed by atoms with Crippen molar-refractivity contribution in [1.82, 2.24) is 0 Å². The fourth-order valence-corrected chi connectivity index (χ4v) is 9.61. The minimum absolute atomic E-state index is 1.12. The lowest BCUT2D eigenvalue weighted by atomic mass is 9.90. The molecule has 54 heavy (non-hydrogen) atoms. The Morgan fingerprint density at radius 1 is 0.296 bits per heavy atom. The number of rotatable bonds is 5. The van der Waals surface area contributed by atoms with Gasteiger partial charge in [0.1, 0.15) is 0 Å². The van der Waals surface area contributed by atoms with E-state index >= 15 is 0 Å². The summed E-state index contributed by atoms with van der Waals surface area (Å²) in [5.41, 5.74) is 8.32. The summed E-state index contributed by atoms with van der Waals surface area (Å²) >= 11 is 1.88. The number of hydrogen-bond acceptors (Lipinski definition) is 2. The molecule has 0 unspecified atom stereocenters. The van der Waals surface area contributed by atoms with Gasteiger partial charge in [-0.2, -0.15) is 0 Å². The highest BCUT2D eigenvalue weighted by Crippen LogP contribution is 2.46. The molecule has 11 rings (SSSR count). The molecule has 0 spiro atoms. The maximum Gasteiger partial charge on any atom is 0.0540 e. The van der Waals surface area contributed by atoms with Crippen LogP contribution in [0.2, 0.25) is 0 Å². The van der Waals surface area contributed by atoms with E-state index in [4.69, 9.17) is 0 Å². The molecule has 1 aromatic heterocycles. The van der Waals surface area contributed by atoms with Gasteiger partial charge in [-0.25, -0.2) is 0 Å². The van der Waals surface area contributed by atoms with Crippen molar-refractivity contribution >= 4 is 91.7 Å². The maximum absolute atomic E-state index is 2.44. The second-order valence-electron chi connectivity index (χ2n) is 14.1. The van der Waals surface area contributed by atoms with Crippen LogP contribution in [0.1, 0.15) is 0 Å². The molecule has 0 saturated heterocycles. The van der Waals surface area contributed by atoms with E-state index in [2.05, 4.69) is 205 Å². The summed E-state index contributed by atoms with van der Waals surface area (Å²) in [6.45, 7) is 0. The average Bonchev–Trinajstić information content (AvgIpc) is 3.60. The third-order valence-corrected chi connectivity index (χ3v) is 12.1. The van der Waals surface area contributed by atoms with Crippen LogP contribution in [-0.2, 0) is 0 Å². The van der Waals surface area contributed by atoms with E-state index in [1.54, 1.807) is 0 Å². The van der Waals surface area contributed by atoms with Crippen LogP contribution >= 0.6 is 11.3 Å². The molecule has 0 fully saturated rings. The molecule has 0 radical (unpaired) electrons. The molecule has 1 heterocycles. The molecule has 0 atom stereocenters. The first-order valence-electron chi connectivity index (χ1n) is 18.5. The molecule has 2 heteroatoms. The SMILES string of the molecule is c1ccc(-c2ccc(N(c3ccc4c(c3)sc3cc5ccccc5cc34)c3ccc(-c4cc5ccccc5c5ccccc45)c4ccccc34)cc2)cc1. The summed E-state index contributed by atoms with van der Waals surface area (Å²) in [4.78, 5) is 2.44. The van der Waals surface area contributed by atoms with Gasteiger partial charge in [0.25, 0.3) is 0 Å². The molecule has 0 amide bonds. The van der Waals surface area contributed by atoms with Crippen molar-refractivity contribution in [2.45, 2.75) is 0 Å². The van der Waals surface area contributed by atoms with Gasteiger partial charge in [0, 0.05) is 36.9 Å². The number of benzene rings is 10. The molecule has 11 aromatic rings. The predicted octanol–water partition coefficient (Wildman–Crippen LogP) is 15.5. The van der Waals surface area contributed by atoms with E-state index < -0.39 is 0 Å². The Balaban J connectivity index is 1.13. The Bertz CT molecular complexity index is 3210. The number of hydrogen-bond donors (Lipinski definition) is 0. The molecule has 0 saturated carbocycles. The highest BCUT2D eigenvalue weighted by Gasteiger charge is 2.20. The van der Waals surface area contributed by atoms with Gasteiger partial charge < -0.3 is 4.90 Å². The molecule has 0 N–H and O–H groups in total. The van der Waals surface area contributed by atoms with Crippen LogP contribution in [0.4, 0.5) is 17.1 Å². The summed E-state index contributed by atoms with van der Waals surface area (Å²) in [6.07, 6.45) is 0. The van der Waals surface area contributed by atoms with Crippen molar-refractivity contribution in [1.29, 1.82) is 0 Å². The van der Waals surface area contributed by atoms with Crippen molar-refractivity contribution in [2.24, 2.45) is 0 Å². The maximum atomic E-state index is 2.44. The quantitative estimate of drug-likeness (QED) is 0.161. The van der Waals surface area contributed by atoms with Crippen LogP contribution in [0.5, 0.6) is 0 Å². The normalized spacial score (nSPS) is 11.7. The van der Waals surface area contributed by atoms with Crippen molar-refractivity contribution in [2.75, 3.05) is 4.90 Å². The molecule has 252 valence electrons. The van der Waals surface area contributed by atoms with E-state index in [0.29, 0.717) is 0 Å². The standard InChI is InChI=1S/C52H33NS/c1-2-12-34(13-3-1)35-22-24-39(25-23-35)53(40-26-27-47-49-30-36-14-4-5-15-37(36)32-51(49)54-52(47)33-40)50-29-28-45(43-19-10-11-21-46(43)50)48-31-38-16-6-7-17-41(38)42-18-8-9-20-44(42)48/h1-33H. The van der Waals surface area contributed by atoms with Gasteiger partial charge in [-0.1, -0.05) is 152 Å². The largest absolute Gasteiger partial charge is 0.310 e. The van der Waals surface area contributed by atoms with Gasteiger partial charge in [0.2, 0.25) is 0 Å². The molecule has 0 bridgehead atoms. The summed E-state index contributed by atoms with van der Waals surface area (Å²) in [6, 6.07) is 73.6. The number of anilines is 3. The zero-order valence-electron chi connectivity index (χ0n) is 29.4. The topological polar surface area (TPSA) is 3.24 Å². The van der Waals surface area contributed by atoms with Gasteiger partial charge in [-0.05, 0) is 108 Å². The van der Waals surface area contributed by atoms with Crippen LogP contribution in [-0.4, -0.2) is 0 Å². The van der Waals surface area contributed by atoms with Gasteiger partial charge in [0.15, 0.2) is 0 Å². The predicted molar refractivity (Wildman–Crippen MR) is 235 cm³/mol. The second-order valence-corrected chi connectivity index (χ2v) is 15.2. The Labute approximate surface area is 317 Å². The monoisotopic (exact) mass is 703 g/mol. The van der Waals surface area contributed by atoms with Crippen molar-refractivity contribution < 1.29 is 0 Å². The molecule has 0 aliphatic heterocycles. The highest BCUT2D eigenvalue weighted by atomic mass is 32.1. The first kappa shape index (κ1) is 30.8. The van der Waals surface area contributed by atoms with E-state index in [-0.39, 0.29) is 0 Å². The molecular weight excluding hydrogens is 671 g/mol. The minimum Gasteiger partial charge on any atom is -0.310 e. The van der Waals surface area contributed by atoms with Crippen LogP contribution in [0.25, 0.3) is 85.5 Å². The van der Waals surface area contributed by atoms with Gasteiger partial charge in [-0.15, -0.1) is 11.3 Å². The summed E-state index contributed by atoms with van der Waals surface area (Å²) in [5.74, 6) is 0. The smallest absolute Gasteiger partial charge is 0.0540 e. The summed E-state index contributed by atoms with van der Waals surface area (Å²) < 4.78 is 2.60. The highest BCUT2D eigenvalue weighted by molar-refractivity contribution is 7.25. The van der Waals surface area contributed by atoms with E-state index in [1.807, 2.05) is 11.3 Å². The number of fused-ring (bicyclic) bond motifs is 8. The van der Waals surface area contributed by atoms with Crippen LogP contribution in [0.3, 0.4) is 0 Å².